The molecule has 1 saturated heterocycles. The predicted octanol–water partition coefficient (Wildman–Crippen LogP) is 3.44. The normalized spacial score (nSPS) is 18.1. The van der Waals surface area contributed by atoms with Gasteiger partial charge in [0.25, 0.3) is 0 Å². The number of rotatable bonds is 7. The SMILES string of the molecule is CC(C)(C)OC(=O)N1CCC[C@H]1c1ncc(CN[C@@H](CO)Cc2ccccc2)o1. The van der Waals surface area contributed by atoms with Crippen LogP contribution in [0.3, 0.4) is 0 Å². The predicted molar refractivity (Wildman–Crippen MR) is 109 cm³/mol. The lowest BCUT2D eigenvalue weighted by Gasteiger charge is -2.27. The maximum atomic E-state index is 12.5. The highest BCUT2D eigenvalue weighted by atomic mass is 16.6. The van der Waals surface area contributed by atoms with Gasteiger partial charge in [-0.15, -0.1) is 0 Å². The topological polar surface area (TPSA) is 87.8 Å². The molecule has 0 spiro atoms. The molecule has 1 aromatic heterocycles. The first kappa shape index (κ1) is 21.3. The number of hydrogen-bond donors (Lipinski definition) is 2. The van der Waals surface area contributed by atoms with E-state index >= 15 is 0 Å². The van der Waals surface area contributed by atoms with Crippen LogP contribution in [0, 0.1) is 0 Å². The zero-order valence-corrected chi connectivity index (χ0v) is 17.4. The van der Waals surface area contributed by atoms with Crippen molar-refractivity contribution in [2.45, 2.75) is 64.3 Å². The van der Waals surface area contributed by atoms with Crippen LogP contribution in [0.4, 0.5) is 4.79 Å². The van der Waals surface area contributed by atoms with E-state index in [1.165, 1.54) is 0 Å². The smallest absolute Gasteiger partial charge is 0.410 e. The van der Waals surface area contributed by atoms with Crippen molar-refractivity contribution in [3.05, 3.63) is 53.7 Å². The first-order chi connectivity index (χ1) is 13.9. The van der Waals surface area contributed by atoms with Crippen molar-refractivity contribution in [3.8, 4) is 0 Å². The van der Waals surface area contributed by atoms with Gasteiger partial charge in [0, 0.05) is 12.6 Å². The molecule has 2 N–H and O–H groups in total. The lowest BCUT2D eigenvalue weighted by Crippen LogP contribution is -2.36. The molecule has 0 unspecified atom stereocenters. The Morgan fingerprint density at radius 3 is 2.83 bits per heavy atom. The average Bonchev–Trinajstić information content (AvgIpc) is 3.33. The minimum absolute atomic E-state index is 0.0327. The van der Waals surface area contributed by atoms with Crippen molar-refractivity contribution in [3.63, 3.8) is 0 Å². The molecule has 2 aromatic rings. The third-order valence-electron chi connectivity index (χ3n) is 4.85. The van der Waals surface area contributed by atoms with Crippen LogP contribution in [0.2, 0.25) is 0 Å². The van der Waals surface area contributed by atoms with Crippen LogP contribution in [0.15, 0.2) is 40.9 Å². The van der Waals surface area contributed by atoms with Gasteiger partial charge in [-0.2, -0.15) is 0 Å². The summed E-state index contributed by atoms with van der Waals surface area (Å²) in [7, 11) is 0. The number of amides is 1. The molecule has 1 aliphatic rings. The number of carbonyl (C=O) groups excluding carboxylic acids is 1. The summed E-state index contributed by atoms with van der Waals surface area (Å²) in [5.74, 6) is 1.22. The highest BCUT2D eigenvalue weighted by Crippen LogP contribution is 2.32. The van der Waals surface area contributed by atoms with Gasteiger partial charge in [0.1, 0.15) is 17.4 Å². The maximum Gasteiger partial charge on any atom is 0.410 e. The summed E-state index contributed by atoms with van der Waals surface area (Å²) in [5, 5.41) is 13.0. The summed E-state index contributed by atoms with van der Waals surface area (Å²) in [5.41, 5.74) is 0.629. The number of hydrogen-bond acceptors (Lipinski definition) is 6. The van der Waals surface area contributed by atoms with Crippen LogP contribution in [0.25, 0.3) is 0 Å². The second-order valence-corrected chi connectivity index (χ2v) is 8.45. The monoisotopic (exact) mass is 401 g/mol. The van der Waals surface area contributed by atoms with Crippen molar-refractivity contribution in [2.75, 3.05) is 13.2 Å². The molecule has 1 amide bonds. The van der Waals surface area contributed by atoms with Gasteiger partial charge in [-0.1, -0.05) is 30.3 Å². The molecular weight excluding hydrogens is 370 g/mol. The lowest BCUT2D eigenvalue weighted by atomic mass is 10.1. The van der Waals surface area contributed by atoms with Gasteiger partial charge in [-0.05, 0) is 45.6 Å². The number of aliphatic hydroxyl groups excluding tert-OH is 1. The molecule has 2 atom stereocenters. The lowest BCUT2D eigenvalue weighted by molar-refractivity contribution is 0.0203. The zero-order chi connectivity index (χ0) is 20.9. The van der Waals surface area contributed by atoms with Crippen molar-refractivity contribution >= 4 is 6.09 Å². The Balaban J connectivity index is 1.57. The summed E-state index contributed by atoms with van der Waals surface area (Å²) in [6.07, 6.45) is 3.78. The number of nitrogens with one attached hydrogen (secondary N) is 1. The van der Waals surface area contributed by atoms with E-state index in [-0.39, 0.29) is 24.8 Å². The minimum Gasteiger partial charge on any atom is -0.444 e. The standard InChI is InChI=1S/C22H31N3O4/c1-22(2,3)29-21(27)25-11-7-10-19(25)20-24-14-18(28-20)13-23-17(15-26)12-16-8-5-4-6-9-16/h4-6,8-9,14,17,19,23,26H,7,10-13,15H2,1-3H3/t17-,19+/m1/s1. The third-order valence-corrected chi connectivity index (χ3v) is 4.85. The van der Waals surface area contributed by atoms with Crippen molar-refractivity contribution in [1.29, 1.82) is 0 Å². The van der Waals surface area contributed by atoms with E-state index in [9.17, 15) is 9.90 Å². The fraction of sp³-hybridized carbons (Fsp3) is 0.545. The summed E-state index contributed by atoms with van der Waals surface area (Å²) < 4.78 is 11.4. The summed E-state index contributed by atoms with van der Waals surface area (Å²) >= 11 is 0. The molecular formula is C22H31N3O4. The maximum absolute atomic E-state index is 12.5. The number of likely N-dealkylation sites (tertiary alicyclic amines) is 1. The number of benzene rings is 1. The van der Waals surface area contributed by atoms with Gasteiger partial charge < -0.3 is 19.6 Å². The number of ether oxygens (including phenoxy) is 1. The van der Waals surface area contributed by atoms with Crippen LogP contribution in [-0.2, 0) is 17.7 Å². The summed E-state index contributed by atoms with van der Waals surface area (Å²) in [6, 6.07) is 9.77. The molecule has 1 aliphatic heterocycles. The van der Waals surface area contributed by atoms with Crippen molar-refractivity contribution < 1.29 is 19.1 Å². The Kier molecular flexibility index (Phi) is 6.92. The van der Waals surface area contributed by atoms with E-state index in [2.05, 4.69) is 10.3 Å². The Hall–Kier alpha value is -2.38. The molecule has 2 heterocycles. The van der Waals surface area contributed by atoms with Crippen LogP contribution in [0.5, 0.6) is 0 Å². The van der Waals surface area contributed by atoms with Crippen molar-refractivity contribution in [1.82, 2.24) is 15.2 Å². The number of aliphatic hydroxyl groups is 1. The van der Waals surface area contributed by atoms with Gasteiger partial charge in [0.05, 0.1) is 19.3 Å². The summed E-state index contributed by atoms with van der Waals surface area (Å²) in [4.78, 5) is 18.6. The fourth-order valence-electron chi connectivity index (χ4n) is 3.47. The second kappa shape index (κ2) is 9.41. The Morgan fingerprint density at radius 2 is 2.14 bits per heavy atom. The van der Waals surface area contributed by atoms with Crippen LogP contribution in [0.1, 0.15) is 56.9 Å². The number of carbonyl (C=O) groups is 1. The highest BCUT2D eigenvalue weighted by molar-refractivity contribution is 5.69. The minimum atomic E-state index is -0.534. The fourth-order valence-corrected chi connectivity index (χ4v) is 3.47. The Bertz CT molecular complexity index is 785. The quantitative estimate of drug-likeness (QED) is 0.739. The number of oxazole rings is 1. The van der Waals surface area contributed by atoms with Crippen LogP contribution in [-0.4, -0.2) is 45.9 Å². The van der Waals surface area contributed by atoms with Gasteiger partial charge in [0.2, 0.25) is 5.89 Å². The van der Waals surface area contributed by atoms with Gasteiger partial charge in [0.15, 0.2) is 0 Å². The molecule has 0 aliphatic carbocycles. The van der Waals surface area contributed by atoms with Crippen LogP contribution >= 0.6 is 0 Å². The van der Waals surface area contributed by atoms with E-state index in [4.69, 9.17) is 9.15 Å². The molecule has 29 heavy (non-hydrogen) atoms. The van der Waals surface area contributed by atoms with E-state index < -0.39 is 5.60 Å². The Morgan fingerprint density at radius 1 is 1.38 bits per heavy atom. The molecule has 7 nitrogen and oxygen atoms in total. The van der Waals surface area contributed by atoms with Crippen LogP contribution < -0.4 is 5.32 Å². The van der Waals surface area contributed by atoms with E-state index in [1.807, 2.05) is 51.1 Å². The second-order valence-electron chi connectivity index (χ2n) is 8.45. The summed E-state index contributed by atoms with van der Waals surface area (Å²) in [6.45, 7) is 6.71. The first-order valence-corrected chi connectivity index (χ1v) is 10.2. The van der Waals surface area contributed by atoms with E-state index in [0.29, 0.717) is 24.7 Å². The van der Waals surface area contributed by atoms with Crippen molar-refractivity contribution in [2.24, 2.45) is 0 Å². The molecule has 0 radical (unpaired) electrons. The van der Waals surface area contributed by atoms with E-state index in [0.717, 1.165) is 24.8 Å². The molecule has 0 saturated carbocycles. The molecule has 158 valence electrons. The molecule has 1 fully saturated rings. The molecule has 3 rings (SSSR count). The first-order valence-electron chi connectivity index (χ1n) is 10.2. The highest BCUT2D eigenvalue weighted by Gasteiger charge is 2.35. The molecule has 1 aromatic carbocycles. The molecule has 7 heteroatoms. The van der Waals surface area contributed by atoms with Gasteiger partial charge >= 0.3 is 6.09 Å². The van der Waals surface area contributed by atoms with Gasteiger partial charge in [-0.25, -0.2) is 9.78 Å². The largest absolute Gasteiger partial charge is 0.444 e. The van der Waals surface area contributed by atoms with Gasteiger partial charge in [-0.3, -0.25) is 4.90 Å². The number of nitrogens with zero attached hydrogens (tertiary/aromatic N) is 2. The third kappa shape index (κ3) is 6.05. The Labute approximate surface area is 172 Å². The zero-order valence-electron chi connectivity index (χ0n) is 17.4. The average molecular weight is 402 g/mol. The van der Waals surface area contributed by atoms with E-state index in [1.54, 1.807) is 11.1 Å². The number of aromatic nitrogens is 1. The molecule has 0 bridgehead atoms.